The molecule has 0 bridgehead atoms. The Kier molecular flexibility index (Phi) is 5.61. The van der Waals surface area contributed by atoms with Gasteiger partial charge in [-0.2, -0.15) is 0 Å². The molecule has 0 saturated heterocycles. The van der Waals surface area contributed by atoms with Crippen LogP contribution in [0.2, 0.25) is 0 Å². The molecule has 0 fully saturated rings. The maximum atomic E-state index is 13.2. The molecule has 21 heavy (non-hydrogen) atoms. The van der Waals surface area contributed by atoms with Crippen molar-refractivity contribution in [3.8, 4) is 11.1 Å². The summed E-state index contributed by atoms with van der Waals surface area (Å²) in [6.07, 6.45) is 0. The Hall–Kier alpha value is -1.56. The fraction of sp³-hybridized carbons (Fsp3) is 0.250. The molecule has 5 heteroatoms. The zero-order chi connectivity index (χ0) is 15.2. The predicted octanol–water partition coefficient (Wildman–Crippen LogP) is 3.13. The first-order chi connectivity index (χ1) is 10.1. The predicted molar refractivity (Wildman–Crippen MR) is 81.8 cm³/mol. The van der Waals surface area contributed by atoms with Gasteiger partial charge in [0.1, 0.15) is 11.6 Å². The fourth-order valence-electron chi connectivity index (χ4n) is 2.10. The van der Waals surface area contributed by atoms with Gasteiger partial charge in [-0.15, -0.1) is 0 Å². The van der Waals surface area contributed by atoms with Gasteiger partial charge >= 0.3 is 9.28 Å². The zero-order valence-electron chi connectivity index (χ0n) is 12.1. The maximum absolute atomic E-state index is 13.2. The van der Waals surface area contributed by atoms with Crippen LogP contribution in [0.1, 0.15) is 13.8 Å². The number of halogens is 2. The van der Waals surface area contributed by atoms with Crippen molar-refractivity contribution in [2.24, 2.45) is 0 Å². The summed E-state index contributed by atoms with van der Waals surface area (Å²) in [6, 6.07) is 11.0. The van der Waals surface area contributed by atoms with Gasteiger partial charge in [0.25, 0.3) is 0 Å². The van der Waals surface area contributed by atoms with Crippen molar-refractivity contribution >= 4 is 14.5 Å². The first-order valence-electron chi connectivity index (χ1n) is 6.93. The summed E-state index contributed by atoms with van der Waals surface area (Å²) in [6.45, 7) is 5.08. The minimum Gasteiger partial charge on any atom is -0.394 e. The van der Waals surface area contributed by atoms with Crippen LogP contribution in [0.15, 0.2) is 42.5 Å². The summed E-state index contributed by atoms with van der Waals surface area (Å²) < 4.78 is 37.8. The van der Waals surface area contributed by atoms with E-state index in [2.05, 4.69) is 0 Å². The van der Waals surface area contributed by atoms with E-state index < -0.39 is 20.9 Å². The van der Waals surface area contributed by atoms with Gasteiger partial charge in [0, 0.05) is 19.3 Å². The second kappa shape index (κ2) is 7.45. The highest BCUT2D eigenvalue weighted by atomic mass is 28.3. The summed E-state index contributed by atoms with van der Waals surface area (Å²) in [5.41, 5.74) is 1.28. The molecular formula is C16H18F2O2Si. The van der Waals surface area contributed by atoms with Crippen LogP contribution < -0.4 is 5.19 Å². The molecule has 0 heterocycles. The topological polar surface area (TPSA) is 18.5 Å². The first kappa shape index (κ1) is 15.8. The quantitative estimate of drug-likeness (QED) is 0.763. The lowest BCUT2D eigenvalue weighted by atomic mass is 10.1. The molecular weight excluding hydrogens is 290 g/mol. The second-order valence-corrected chi connectivity index (χ2v) is 6.52. The third kappa shape index (κ3) is 4.20. The molecule has 112 valence electrons. The molecule has 0 N–H and O–H groups in total. The van der Waals surface area contributed by atoms with Gasteiger partial charge in [-0.1, -0.05) is 24.3 Å². The highest BCUT2D eigenvalue weighted by molar-refractivity contribution is 6.61. The number of rotatable bonds is 6. The molecule has 0 aromatic heterocycles. The number of benzene rings is 2. The van der Waals surface area contributed by atoms with Crippen molar-refractivity contribution in [2.45, 2.75) is 13.8 Å². The number of hydrogen-bond acceptors (Lipinski definition) is 2. The lowest BCUT2D eigenvalue weighted by Gasteiger charge is -2.15. The van der Waals surface area contributed by atoms with Gasteiger partial charge < -0.3 is 8.85 Å². The van der Waals surface area contributed by atoms with Gasteiger partial charge in [0.15, 0.2) is 0 Å². The Morgan fingerprint density at radius 2 is 1.33 bits per heavy atom. The summed E-state index contributed by atoms with van der Waals surface area (Å²) in [5.74, 6) is -1.16. The number of hydrogen-bond donors (Lipinski definition) is 0. The van der Waals surface area contributed by atoms with Gasteiger partial charge in [0.05, 0.1) is 0 Å². The molecule has 0 saturated carbocycles. The molecule has 0 unspecified atom stereocenters. The van der Waals surface area contributed by atoms with Crippen LogP contribution >= 0.6 is 0 Å². The van der Waals surface area contributed by atoms with Crippen LogP contribution in [0.4, 0.5) is 8.78 Å². The first-order valence-corrected chi connectivity index (χ1v) is 8.45. The van der Waals surface area contributed by atoms with Crippen LogP contribution in [0.25, 0.3) is 11.1 Å². The molecule has 0 atom stereocenters. The van der Waals surface area contributed by atoms with E-state index in [9.17, 15) is 8.78 Å². The molecule has 2 aromatic carbocycles. The van der Waals surface area contributed by atoms with Gasteiger partial charge in [-0.3, -0.25) is 0 Å². The third-order valence-electron chi connectivity index (χ3n) is 3.01. The average Bonchev–Trinajstić information content (AvgIpc) is 2.46. The SMILES string of the molecule is CCO[SiH](OCC)c1ccc(-c2cc(F)cc(F)c2)cc1. The fourth-order valence-corrected chi connectivity index (χ4v) is 3.69. The molecule has 0 aliphatic rings. The van der Waals surface area contributed by atoms with E-state index in [1.807, 2.05) is 38.1 Å². The van der Waals surface area contributed by atoms with Crippen molar-refractivity contribution in [1.82, 2.24) is 0 Å². The van der Waals surface area contributed by atoms with Gasteiger partial charge in [-0.05, 0) is 42.3 Å². The van der Waals surface area contributed by atoms with E-state index in [0.717, 1.165) is 16.8 Å². The van der Waals surface area contributed by atoms with Crippen LogP contribution in [-0.4, -0.2) is 22.5 Å². The van der Waals surface area contributed by atoms with E-state index >= 15 is 0 Å². The highest BCUT2D eigenvalue weighted by Crippen LogP contribution is 2.20. The van der Waals surface area contributed by atoms with Crippen molar-refractivity contribution in [2.75, 3.05) is 13.2 Å². The molecule has 0 radical (unpaired) electrons. The van der Waals surface area contributed by atoms with E-state index in [1.165, 1.54) is 12.1 Å². The van der Waals surface area contributed by atoms with E-state index in [1.54, 1.807) is 0 Å². The summed E-state index contributed by atoms with van der Waals surface area (Å²) in [5, 5.41) is 1.01. The summed E-state index contributed by atoms with van der Waals surface area (Å²) in [7, 11) is -1.87. The van der Waals surface area contributed by atoms with Crippen molar-refractivity contribution in [3.63, 3.8) is 0 Å². The third-order valence-corrected chi connectivity index (χ3v) is 5.22. The maximum Gasteiger partial charge on any atom is 0.355 e. The van der Waals surface area contributed by atoms with Gasteiger partial charge in [0.2, 0.25) is 0 Å². The Labute approximate surface area is 125 Å². The van der Waals surface area contributed by atoms with Crippen molar-refractivity contribution in [1.29, 1.82) is 0 Å². The molecule has 2 nitrogen and oxygen atoms in total. The Bertz CT molecular complexity index is 561. The van der Waals surface area contributed by atoms with Crippen molar-refractivity contribution in [3.05, 3.63) is 54.1 Å². The van der Waals surface area contributed by atoms with Crippen LogP contribution in [-0.2, 0) is 8.85 Å². The van der Waals surface area contributed by atoms with Gasteiger partial charge in [-0.25, -0.2) is 8.78 Å². The Morgan fingerprint density at radius 3 is 1.81 bits per heavy atom. The molecule has 0 spiro atoms. The lowest BCUT2D eigenvalue weighted by Crippen LogP contribution is -2.36. The van der Waals surface area contributed by atoms with Crippen molar-refractivity contribution < 1.29 is 17.6 Å². The monoisotopic (exact) mass is 308 g/mol. The lowest BCUT2D eigenvalue weighted by molar-refractivity contribution is 0.225. The molecule has 2 rings (SSSR count). The van der Waals surface area contributed by atoms with E-state index in [0.29, 0.717) is 18.8 Å². The summed E-state index contributed by atoms with van der Waals surface area (Å²) >= 11 is 0. The Morgan fingerprint density at radius 1 is 0.810 bits per heavy atom. The molecule has 2 aromatic rings. The second-order valence-electron chi connectivity index (χ2n) is 4.52. The molecule has 0 amide bonds. The minimum atomic E-state index is -1.87. The Balaban J connectivity index is 2.25. The molecule has 0 aliphatic heterocycles. The average molecular weight is 308 g/mol. The van der Waals surface area contributed by atoms with Crippen LogP contribution in [0, 0.1) is 11.6 Å². The van der Waals surface area contributed by atoms with Crippen LogP contribution in [0.5, 0.6) is 0 Å². The normalized spacial score (nSPS) is 11.1. The molecule has 0 aliphatic carbocycles. The minimum absolute atomic E-state index is 0.519. The standard InChI is InChI=1S/C16H18F2O2Si/c1-3-19-21(20-4-2)16-7-5-12(6-8-16)13-9-14(17)11-15(18)10-13/h5-11,21H,3-4H2,1-2H3. The van der Waals surface area contributed by atoms with Crippen LogP contribution in [0.3, 0.4) is 0 Å². The van der Waals surface area contributed by atoms with E-state index in [-0.39, 0.29) is 0 Å². The largest absolute Gasteiger partial charge is 0.394 e. The highest BCUT2D eigenvalue weighted by Gasteiger charge is 2.15. The van der Waals surface area contributed by atoms with E-state index in [4.69, 9.17) is 8.85 Å². The summed E-state index contributed by atoms with van der Waals surface area (Å²) in [4.78, 5) is 0. The smallest absolute Gasteiger partial charge is 0.355 e. The zero-order valence-corrected chi connectivity index (χ0v) is 13.3.